The molecule has 2 aromatic rings. The van der Waals surface area contributed by atoms with E-state index in [-0.39, 0.29) is 6.42 Å². The largest absolute Gasteiger partial charge is 0.481 e. The van der Waals surface area contributed by atoms with E-state index in [2.05, 4.69) is 18.7 Å². The predicted molar refractivity (Wildman–Crippen MR) is 71.1 cm³/mol. The van der Waals surface area contributed by atoms with Gasteiger partial charge >= 0.3 is 5.97 Å². The van der Waals surface area contributed by atoms with E-state index in [0.717, 1.165) is 29.7 Å². The van der Waals surface area contributed by atoms with Crippen molar-refractivity contribution in [2.45, 2.75) is 20.3 Å². The van der Waals surface area contributed by atoms with E-state index in [1.54, 1.807) is 6.07 Å². The van der Waals surface area contributed by atoms with Gasteiger partial charge in [-0.15, -0.1) is 0 Å². The zero-order valence-electron chi connectivity index (χ0n) is 10.6. The number of carboxylic acids is 1. The van der Waals surface area contributed by atoms with Crippen LogP contribution in [0.25, 0.3) is 11.0 Å². The van der Waals surface area contributed by atoms with Gasteiger partial charge in [0.05, 0.1) is 0 Å². The van der Waals surface area contributed by atoms with Crippen LogP contribution in [0.3, 0.4) is 0 Å². The molecular formula is C14H17NO3. The van der Waals surface area contributed by atoms with Crippen LogP contribution in [0.1, 0.15) is 19.6 Å². The molecule has 0 amide bonds. The van der Waals surface area contributed by atoms with Crippen LogP contribution < -0.4 is 4.90 Å². The maximum absolute atomic E-state index is 10.6. The first-order valence-corrected chi connectivity index (χ1v) is 6.13. The summed E-state index contributed by atoms with van der Waals surface area (Å²) in [5.74, 6) is -0.382. The topological polar surface area (TPSA) is 53.7 Å². The van der Waals surface area contributed by atoms with Gasteiger partial charge in [-0.05, 0) is 32.0 Å². The zero-order valence-corrected chi connectivity index (χ0v) is 10.6. The van der Waals surface area contributed by atoms with Gasteiger partial charge in [-0.25, -0.2) is 0 Å². The van der Waals surface area contributed by atoms with Gasteiger partial charge in [-0.2, -0.15) is 0 Å². The molecule has 4 nitrogen and oxygen atoms in total. The SMILES string of the molecule is CCN(CC)c1ccc2cc(CC(=O)O)oc2c1. The molecule has 4 heteroatoms. The summed E-state index contributed by atoms with van der Waals surface area (Å²) in [7, 11) is 0. The fourth-order valence-corrected chi connectivity index (χ4v) is 2.10. The van der Waals surface area contributed by atoms with Gasteiger partial charge in [0.1, 0.15) is 17.8 Å². The van der Waals surface area contributed by atoms with Crippen LogP contribution in [0.15, 0.2) is 28.7 Å². The van der Waals surface area contributed by atoms with Crippen LogP contribution in [-0.2, 0) is 11.2 Å². The van der Waals surface area contributed by atoms with Crippen molar-refractivity contribution in [2.75, 3.05) is 18.0 Å². The molecule has 96 valence electrons. The number of aliphatic carboxylic acids is 1. The lowest BCUT2D eigenvalue weighted by Gasteiger charge is -2.20. The lowest BCUT2D eigenvalue weighted by atomic mass is 10.2. The molecule has 18 heavy (non-hydrogen) atoms. The average Bonchev–Trinajstić information content (AvgIpc) is 2.71. The molecule has 0 radical (unpaired) electrons. The number of carbonyl (C=O) groups is 1. The highest BCUT2D eigenvalue weighted by Gasteiger charge is 2.09. The normalized spacial score (nSPS) is 10.8. The highest BCUT2D eigenvalue weighted by Crippen LogP contribution is 2.25. The summed E-state index contributed by atoms with van der Waals surface area (Å²) in [6.07, 6.45) is -0.0741. The Morgan fingerprint density at radius 1 is 1.28 bits per heavy atom. The third-order valence-corrected chi connectivity index (χ3v) is 3.01. The molecule has 0 atom stereocenters. The van der Waals surface area contributed by atoms with Gasteiger partial charge in [0.2, 0.25) is 0 Å². The minimum Gasteiger partial charge on any atom is -0.481 e. The summed E-state index contributed by atoms with van der Waals surface area (Å²) < 4.78 is 5.55. The molecule has 0 saturated heterocycles. The van der Waals surface area contributed by atoms with Crippen molar-refractivity contribution in [3.63, 3.8) is 0 Å². The lowest BCUT2D eigenvalue weighted by Crippen LogP contribution is -2.21. The first-order chi connectivity index (χ1) is 8.63. The Bertz CT molecular complexity index is 555. The molecule has 0 unspecified atom stereocenters. The Labute approximate surface area is 106 Å². The highest BCUT2D eigenvalue weighted by atomic mass is 16.4. The van der Waals surface area contributed by atoms with E-state index in [1.165, 1.54) is 0 Å². The quantitative estimate of drug-likeness (QED) is 0.882. The standard InChI is InChI=1S/C14H17NO3/c1-3-15(4-2)11-6-5-10-7-12(9-14(16)17)18-13(10)8-11/h5-8H,3-4,9H2,1-2H3,(H,16,17). The Balaban J connectivity index is 2.35. The molecule has 1 heterocycles. The number of anilines is 1. The number of rotatable bonds is 5. The summed E-state index contributed by atoms with van der Waals surface area (Å²) >= 11 is 0. The van der Waals surface area contributed by atoms with Gasteiger partial charge in [0.15, 0.2) is 0 Å². The molecule has 1 N–H and O–H groups in total. The summed E-state index contributed by atoms with van der Waals surface area (Å²) in [5, 5.41) is 9.69. The maximum Gasteiger partial charge on any atom is 0.311 e. The highest BCUT2D eigenvalue weighted by molar-refractivity contribution is 5.83. The van der Waals surface area contributed by atoms with Crippen LogP contribution in [0, 0.1) is 0 Å². The predicted octanol–water partition coefficient (Wildman–Crippen LogP) is 2.91. The second-order valence-corrected chi connectivity index (χ2v) is 4.18. The number of fused-ring (bicyclic) bond motifs is 1. The molecule has 2 rings (SSSR count). The number of hydrogen-bond acceptors (Lipinski definition) is 3. The average molecular weight is 247 g/mol. The lowest BCUT2D eigenvalue weighted by molar-refractivity contribution is -0.136. The van der Waals surface area contributed by atoms with E-state index in [1.807, 2.05) is 18.2 Å². The molecule has 0 aliphatic heterocycles. The molecule has 1 aromatic heterocycles. The van der Waals surface area contributed by atoms with Gasteiger partial charge in [-0.1, -0.05) is 0 Å². The number of nitrogens with zero attached hydrogens (tertiary/aromatic N) is 1. The van der Waals surface area contributed by atoms with Crippen LogP contribution in [0.2, 0.25) is 0 Å². The molecule has 1 aromatic carbocycles. The zero-order chi connectivity index (χ0) is 13.1. The van der Waals surface area contributed by atoms with Gasteiger partial charge < -0.3 is 14.4 Å². The van der Waals surface area contributed by atoms with Crippen molar-refractivity contribution in [1.29, 1.82) is 0 Å². The maximum atomic E-state index is 10.6. The minimum atomic E-state index is -0.877. The van der Waals surface area contributed by atoms with Crippen molar-refractivity contribution in [2.24, 2.45) is 0 Å². The van der Waals surface area contributed by atoms with Crippen LogP contribution in [0.5, 0.6) is 0 Å². The van der Waals surface area contributed by atoms with Crippen molar-refractivity contribution in [3.05, 3.63) is 30.0 Å². The third-order valence-electron chi connectivity index (χ3n) is 3.01. The minimum absolute atomic E-state index is 0.0741. The van der Waals surface area contributed by atoms with E-state index in [9.17, 15) is 4.79 Å². The number of furan rings is 1. The fourth-order valence-electron chi connectivity index (χ4n) is 2.10. The summed E-state index contributed by atoms with van der Waals surface area (Å²) in [6.45, 7) is 6.08. The van der Waals surface area contributed by atoms with Crippen molar-refractivity contribution in [3.8, 4) is 0 Å². The first kappa shape index (κ1) is 12.5. The molecule has 0 aliphatic carbocycles. The summed E-state index contributed by atoms with van der Waals surface area (Å²) in [5.41, 5.74) is 1.85. The van der Waals surface area contributed by atoms with Crippen molar-refractivity contribution >= 4 is 22.6 Å². The number of benzene rings is 1. The molecule has 0 saturated carbocycles. The van der Waals surface area contributed by atoms with Crippen LogP contribution in [0.4, 0.5) is 5.69 Å². The monoisotopic (exact) mass is 247 g/mol. The Morgan fingerprint density at radius 2 is 2.00 bits per heavy atom. The van der Waals surface area contributed by atoms with E-state index in [4.69, 9.17) is 9.52 Å². The molecular weight excluding hydrogens is 230 g/mol. The van der Waals surface area contributed by atoms with Gasteiger partial charge in [0, 0.05) is 30.2 Å². The smallest absolute Gasteiger partial charge is 0.311 e. The summed E-state index contributed by atoms with van der Waals surface area (Å²) in [4.78, 5) is 12.9. The van der Waals surface area contributed by atoms with Gasteiger partial charge in [0.25, 0.3) is 0 Å². The van der Waals surface area contributed by atoms with E-state index >= 15 is 0 Å². The van der Waals surface area contributed by atoms with Crippen molar-refractivity contribution in [1.82, 2.24) is 0 Å². The van der Waals surface area contributed by atoms with Crippen molar-refractivity contribution < 1.29 is 14.3 Å². The van der Waals surface area contributed by atoms with E-state index < -0.39 is 5.97 Å². The van der Waals surface area contributed by atoms with Crippen LogP contribution >= 0.6 is 0 Å². The molecule has 0 spiro atoms. The third kappa shape index (κ3) is 2.47. The Kier molecular flexibility index (Phi) is 3.55. The second-order valence-electron chi connectivity index (χ2n) is 4.18. The van der Waals surface area contributed by atoms with Crippen LogP contribution in [-0.4, -0.2) is 24.2 Å². The molecule has 0 fully saturated rings. The Morgan fingerprint density at radius 3 is 2.61 bits per heavy atom. The number of carboxylic acid groups (broad SMARTS) is 1. The molecule has 0 aliphatic rings. The first-order valence-electron chi connectivity index (χ1n) is 6.13. The molecule has 0 bridgehead atoms. The second kappa shape index (κ2) is 5.12. The fraction of sp³-hybridized carbons (Fsp3) is 0.357. The summed E-state index contributed by atoms with van der Waals surface area (Å²) in [6, 6.07) is 7.76. The Hall–Kier alpha value is -1.97. The number of hydrogen-bond donors (Lipinski definition) is 1. The van der Waals surface area contributed by atoms with Gasteiger partial charge in [-0.3, -0.25) is 4.79 Å². The van der Waals surface area contributed by atoms with E-state index in [0.29, 0.717) is 5.76 Å².